The van der Waals surface area contributed by atoms with Crippen LogP contribution in [0.25, 0.3) is 0 Å². The number of methoxy groups -OCH3 is 1. The van der Waals surface area contributed by atoms with Crippen LogP contribution in [0, 0.1) is 0 Å². The van der Waals surface area contributed by atoms with Crippen molar-refractivity contribution in [2.24, 2.45) is 0 Å². The van der Waals surface area contributed by atoms with Crippen LogP contribution in [0.5, 0.6) is 5.75 Å². The van der Waals surface area contributed by atoms with Gasteiger partial charge in [-0.2, -0.15) is 0 Å². The monoisotopic (exact) mass is 466 g/mol. The number of hydrogen-bond acceptors (Lipinski definition) is 6. The zero-order valence-electron chi connectivity index (χ0n) is 20.2. The van der Waals surface area contributed by atoms with Gasteiger partial charge in [-0.25, -0.2) is 9.69 Å². The van der Waals surface area contributed by atoms with Gasteiger partial charge in [-0.05, 0) is 69.7 Å². The molecule has 2 aromatic carbocycles. The Morgan fingerprint density at radius 3 is 2.32 bits per heavy atom. The third kappa shape index (κ3) is 4.81. The fourth-order valence-electron chi connectivity index (χ4n) is 3.95. The molecule has 34 heavy (non-hydrogen) atoms. The van der Waals surface area contributed by atoms with Crippen molar-refractivity contribution in [1.82, 2.24) is 4.90 Å². The molecule has 1 saturated heterocycles. The van der Waals surface area contributed by atoms with Gasteiger partial charge in [0.1, 0.15) is 11.8 Å². The first-order valence-electron chi connectivity index (χ1n) is 11.3. The maximum Gasteiger partial charge on any atom is 0.338 e. The van der Waals surface area contributed by atoms with Gasteiger partial charge in [-0.3, -0.25) is 14.4 Å². The average Bonchev–Trinajstić information content (AvgIpc) is 3.12. The van der Waals surface area contributed by atoms with Gasteiger partial charge < -0.3 is 14.4 Å². The molecule has 0 N–H and O–H groups in total. The summed E-state index contributed by atoms with van der Waals surface area (Å²) in [5.74, 6) is -1.19. The third-order valence-corrected chi connectivity index (χ3v) is 6.12. The van der Waals surface area contributed by atoms with E-state index in [9.17, 15) is 19.2 Å². The highest BCUT2D eigenvalue weighted by Crippen LogP contribution is 2.33. The fraction of sp³-hybridized carbons (Fsp3) is 0.385. The van der Waals surface area contributed by atoms with Crippen molar-refractivity contribution in [3.8, 4) is 5.75 Å². The Labute approximate surface area is 199 Å². The number of esters is 1. The van der Waals surface area contributed by atoms with E-state index in [4.69, 9.17) is 9.47 Å². The molecule has 0 bridgehead atoms. The number of hydrogen-bond donors (Lipinski definition) is 0. The second-order valence-electron chi connectivity index (χ2n) is 8.63. The number of ether oxygens (including phenoxy) is 2. The van der Waals surface area contributed by atoms with E-state index in [2.05, 4.69) is 0 Å². The van der Waals surface area contributed by atoms with Crippen LogP contribution in [-0.2, 0) is 14.3 Å². The third-order valence-electron chi connectivity index (χ3n) is 6.12. The van der Waals surface area contributed by atoms with Gasteiger partial charge in [0.15, 0.2) is 0 Å². The molecule has 180 valence electrons. The highest BCUT2D eigenvalue weighted by molar-refractivity contribution is 6.23. The van der Waals surface area contributed by atoms with Crippen LogP contribution in [-0.4, -0.2) is 53.9 Å². The molecular formula is C26H30N2O6. The zero-order valence-corrected chi connectivity index (χ0v) is 20.2. The summed E-state index contributed by atoms with van der Waals surface area (Å²) >= 11 is 0. The van der Waals surface area contributed by atoms with Crippen molar-refractivity contribution in [2.45, 2.75) is 52.1 Å². The van der Waals surface area contributed by atoms with Crippen LogP contribution in [0.2, 0.25) is 0 Å². The molecule has 0 aliphatic carbocycles. The molecule has 1 aliphatic heterocycles. The maximum absolute atomic E-state index is 13.6. The lowest BCUT2D eigenvalue weighted by atomic mass is 9.94. The summed E-state index contributed by atoms with van der Waals surface area (Å²) in [7, 11) is 1.52. The number of amides is 3. The van der Waals surface area contributed by atoms with Crippen molar-refractivity contribution in [1.29, 1.82) is 0 Å². The summed E-state index contributed by atoms with van der Waals surface area (Å²) in [4.78, 5) is 54.6. The lowest BCUT2D eigenvalue weighted by Crippen LogP contribution is -2.55. The van der Waals surface area contributed by atoms with Crippen LogP contribution in [0.1, 0.15) is 61.3 Å². The van der Waals surface area contributed by atoms with E-state index in [0.717, 1.165) is 4.90 Å². The summed E-state index contributed by atoms with van der Waals surface area (Å²) in [6.45, 7) is 7.64. The summed E-state index contributed by atoms with van der Waals surface area (Å²) < 4.78 is 10.2. The number of carbonyl (C=O) groups excluding carboxylic acids is 4. The molecule has 1 fully saturated rings. The molecular weight excluding hydrogens is 436 g/mol. The van der Waals surface area contributed by atoms with Crippen LogP contribution in [0.15, 0.2) is 48.5 Å². The minimum Gasteiger partial charge on any atom is -0.497 e. The van der Waals surface area contributed by atoms with Gasteiger partial charge in [0.05, 0.1) is 31.4 Å². The first-order valence-corrected chi connectivity index (χ1v) is 11.3. The van der Waals surface area contributed by atoms with Crippen LogP contribution >= 0.6 is 0 Å². The van der Waals surface area contributed by atoms with E-state index in [1.165, 1.54) is 36.3 Å². The molecule has 0 aromatic heterocycles. The molecule has 1 aliphatic rings. The number of imide groups is 1. The standard InChI is InChI=1S/C26H30N2O6/c1-6-26(3,4)28(23(30)18-9-8-10-20(15-18)33-5)21-16-22(29)27(24(21)31)19-13-11-17(12-14-19)25(32)34-7-2/h8-15,21H,6-7,16H2,1-5H3. The Hall–Kier alpha value is -3.68. The van der Waals surface area contributed by atoms with E-state index in [-0.39, 0.29) is 18.9 Å². The summed E-state index contributed by atoms with van der Waals surface area (Å²) in [5.41, 5.74) is 0.347. The molecule has 3 amide bonds. The highest BCUT2D eigenvalue weighted by atomic mass is 16.5. The Balaban J connectivity index is 1.94. The van der Waals surface area contributed by atoms with Crippen LogP contribution in [0.3, 0.4) is 0 Å². The van der Waals surface area contributed by atoms with E-state index < -0.39 is 29.4 Å². The largest absolute Gasteiger partial charge is 0.497 e. The van der Waals surface area contributed by atoms with Crippen molar-refractivity contribution in [3.63, 3.8) is 0 Å². The van der Waals surface area contributed by atoms with Crippen molar-refractivity contribution in [2.75, 3.05) is 18.6 Å². The Bertz CT molecular complexity index is 1090. The highest BCUT2D eigenvalue weighted by Gasteiger charge is 2.48. The Morgan fingerprint density at radius 2 is 1.74 bits per heavy atom. The number of carbonyl (C=O) groups is 4. The molecule has 0 saturated carbocycles. The average molecular weight is 467 g/mol. The molecule has 8 nitrogen and oxygen atoms in total. The van der Waals surface area contributed by atoms with Gasteiger partial charge in [0.25, 0.3) is 11.8 Å². The lowest BCUT2D eigenvalue weighted by Gasteiger charge is -2.41. The predicted octanol–water partition coefficient (Wildman–Crippen LogP) is 3.83. The number of nitrogens with zero attached hydrogens (tertiary/aromatic N) is 2. The SMILES string of the molecule is CCOC(=O)c1ccc(N2C(=O)CC(N(C(=O)c3cccc(OC)c3)C(C)(C)CC)C2=O)cc1. The predicted molar refractivity (Wildman–Crippen MR) is 127 cm³/mol. The topological polar surface area (TPSA) is 93.2 Å². The second kappa shape index (κ2) is 10.1. The van der Waals surface area contributed by atoms with Crippen LogP contribution in [0.4, 0.5) is 5.69 Å². The van der Waals surface area contributed by atoms with Crippen molar-refractivity contribution >= 4 is 29.4 Å². The Morgan fingerprint density at radius 1 is 1.06 bits per heavy atom. The second-order valence-corrected chi connectivity index (χ2v) is 8.63. The Kier molecular flexibility index (Phi) is 7.39. The van der Waals surface area contributed by atoms with E-state index in [0.29, 0.717) is 29.0 Å². The summed E-state index contributed by atoms with van der Waals surface area (Å²) in [5, 5.41) is 0. The van der Waals surface area contributed by atoms with E-state index in [1.807, 2.05) is 20.8 Å². The first kappa shape index (κ1) is 25.0. The summed E-state index contributed by atoms with van der Waals surface area (Å²) in [6, 6.07) is 11.9. The van der Waals surface area contributed by atoms with Crippen molar-refractivity contribution in [3.05, 3.63) is 59.7 Å². The lowest BCUT2D eigenvalue weighted by molar-refractivity contribution is -0.123. The van der Waals surface area contributed by atoms with Gasteiger partial charge in [0.2, 0.25) is 5.91 Å². The molecule has 1 heterocycles. The quantitative estimate of drug-likeness (QED) is 0.434. The molecule has 3 rings (SSSR count). The molecule has 1 atom stereocenters. The van der Waals surface area contributed by atoms with Gasteiger partial charge in [0, 0.05) is 11.1 Å². The fourth-order valence-corrected chi connectivity index (χ4v) is 3.95. The number of rotatable bonds is 8. The molecule has 0 radical (unpaired) electrons. The molecule has 8 heteroatoms. The summed E-state index contributed by atoms with van der Waals surface area (Å²) in [6.07, 6.45) is 0.451. The normalized spacial score (nSPS) is 15.9. The van der Waals surface area contributed by atoms with E-state index >= 15 is 0 Å². The smallest absolute Gasteiger partial charge is 0.338 e. The maximum atomic E-state index is 13.6. The molecule has 0 spiro atoms. The van der Waals surface area contributed by atoms with Crippen LogP contribution < -0.4 is 9.64 Å². The minimum absolute atomic E-state index is 0.127. The minimum atomic E-state index is -0.953. The first-order chi connectivity index (χ1) is 16.1. The number of benzene rings is 2. The zero-order chi connectivity index (χ0) is 25.0. The van der Waals surface area contributed by atoms with Gasteiger partial charge >= 0.3 is 5.97 Å². The number of anilines is 1. The van der Waals surface area contributed by atoms with Crippen molar-refractivity contribution < 1.29 is 28.7 Å². The molecule has 2 aromatic rings. The van der Waals surface area contributed by atoms with E-state index in [1.54, 1.807) is 31.2 Å². The molecule has 1 unspecified atom stereocenters. The van der Waals surface area contributed by atoms with Gasteiger partial charge in [-0.1, -0.05) is 13.0 Å². The van der Waals surface area contributed by atoms with Gasteiger partial charge in [-0.15, -0.1) is 0 Å².